The number of benzene rings is 2. The minimum absolute atomic E-state index is 0.0110. The predicted molar refractivity (Wildman–Crippen MR) is 65.0 cm³/mol. The molecule has 0 saturated heterocycles. The molecular formula is C14H13F2N. The molecule has 17 heavy (non-hydrogen) atoms. The molecule has 0 heterocycles. The highest BCUT2D eigenvalue weighted by Crippen LogP contribution is 2.36. The summed E-state index contributed by atoms with van der Waals surface area (Å²) in [4.78, 5) is 0. The minimum Gasteiger partial charge on any atom is -0.399 e. The van der Waals surface area contributed by atoms with Crippen LogP contribution in [0.25, 0.3) is 0 Å². The summed E-state index contributed by atoms with van der Waals surface area (Å²) in [6.45, 7) is 1.79. The first kappa shape index (κ1) is 11.6. The van der Waals surface area contributed by atoms with Gasteiger partial charge in [-0.1, -0.05) is 35.9 Å². The molecule has 0 bridgehead atoms. The van der Waals surface area contributed by atoms with Gasteiger partial charge in [-0.05, 0) is 25.1 Å². The van der Waals surface area contributed by atoms with E-state index in [1.807, 2.05) is 0 Å². The fourth-order valence-corrected chi connectivity index (χ4v) is 1.74. The quantitative estimate of drug-likeness (QED) is 0.786. The third-order valence-electron chi connectivity index (χ3n) is 2.63. The lowest BCUT2D eigenvalue weighted by molar-refractivity contribution is 0.0428. The van der Waals surface area contributed by atoms with E-state index in [1.54, 1.807) is 25.1 Å². The van der Waals surface area contributed by atoms with Gasteiger partial charge in [0.2, 0.25) is 0 Å². The first-order chi connectivity index (χ1) is 8.00. The average molecular weight is 233 g/mol. The Balaban J connectivity index is 2.49. The number of nitrogen functional groups attached to an aromatic ring is 1. The van der Waals surface area contributed by atoms with Crippen LogP contribution >= 0.6 is 0 Å². The minimum atomic E-state index is -3.01. The van der Waals surface area contributed by atoms with Crippen molar-refractivity contribution in [3.8, 4) is 0 Å². The van der Waals surface area contributed by atoms with Crippen molar-refractivity contribution in [2.75, 3.05) is 5.73 Å². The number of hydrogen-bond acceptors (Lipinski definition) is 1. The van der Waals surface area contributed by atoms with Crippen LogP contribution in [0, 0.1) is 6.92 Å². The summed E-state index contributed by atoms with van der Waals surface area (Å²) in [6, 6.07) is 12.2. The molecule has 0 radical (unpaired) electrons. The smallest absolute Gasteiger partial charge is 0.298 e. The zero-order chi connectivity index (χ0) is 12.5. The summed E-state index contributed by atoms with van der Waals surface area (Å²) in [6.07, 6.45) is 0. The van der Waals surface area contributed by atoms with E-state index in [1.165, 1.54) is 30.3 Å². The molecule has 0 atom stereocenters. The van der Waals surface area contributed by atoms with E-state index in [0.29, 0.717) is 5.69 Å². The third-order valence-corrected chi connectivity index (χ3v) is 2.63. The Morgan fingerprint density at radius 1 is 0.941 bits per heavy atom. The molecule has 1 nitrogen and oxygen atoms in total. The van der Waals surface area contributed by atoms with Gasteiger partial charge in [0.15, 0.2) is 0 Å². The molecule has 0 amide bonds. The van der Waals surface area contributed by atoms with E-state index in [2.05, 4.69) is 0 Å². The van der Waals surface area contributed by atoms with Gasteiger partial charge in [-0.2, -0.15) is 8.78 Å². The lowest BCUT2D eigenvalue weighted by Crippen LogP contribution is -2.15. The van der Waals surface area contributed by atoms with E-state index in [-0.39, 0.29) is 11.1 Å². The molecule has 88 valence electrons. The summed E-state index contributed by atoms with van der Waals surface area (Å²) in [5.74, 6) is -3.01. The van der Waals surface area contributed by atoms with Gasteiger partial charge in [0, 0.05) is 16.8 Å². The van der Waals surface area contributed by atoms with Crippen molar-refractivity contribution in [3.05, 3.63) is 65.2 Å². The molecule has 0 spiro atoms. The lowest BCUT2D eigenvalue weighted by Gasteiger charge is -2.18. The summed E-state index contributed by atoms with van der Waals surface area (Å²) < 4.78 is 28.4. The third kappa shape index (κ3) is 2.28. The maximum Gasteiger partial charge on any atom is 0.298 e. The van der Waals surface area contributed by atoms with Crippen LogP contribution in [0.4, 0.5) is 14.5 Å². The highest BCUT2D eigenvalue weighted by Gasteiger charge is 2.33. The van der Waals surface area contributed by atoms with Crippen molar-refractivity contribution >= 4 is 5.69 Å². The summed E-state index contributed by atoms with van der Waals surface area (Å²) in [7, 11) is 0. The van der Waals surface area contributed by atoms with Crippen molar-refractivity contribution in [3.63, 3.8) is 0 Å². The van der Waals surface area contributed by atoms with E-state index < -0.39 is 5.92 Å². The largest absolute Gasteiger partial charge is 0.399 e. The fourth-order valence-electron chi connectivity index (χ4n) is 1.74. The lowest BCUT2D eigenvalue weighted by atomic mass is 9.98. The predicted octanol–water partition coefficient (Wildman–Crippen LogP) is 3.72. The Labute approximate surface area is 98.9 Å². The van der Waals surface area contributed by atoms with Crippen LogP contribution in [0.1, 0.15) is 16.7 Å². The molecule has 0 unspecified atom stereocenters. The highest BCUT2D eigenvalue weighted by molar-refractivity contribution is 5.45. The van der Waals surface area contributed by atoms with Crippen molar-refractivity contribution < 1.29 is 8.78 Å². The molecule has 0 fully saturated rings. The normalized spacial score (nSPS) is 11.5. The van der Waals surface area contributed by atoms with Gasteiger partial charge in [0.25, 0.3) is 5.92 Å². The SMILES string of the molecule is Cc1cccc(C(F)(F)c2cccc(N)c2)c1. The standard InChI is InChI=1S/C14H13F2N/c1-10-4-2-5-11(8-10)14(15,16)12-6-3-7-13(17)9-12/h2-9H,17H2,1H3. The van der Waals surface area contributed by atoms with Crippen molar-refractivity contribution in [1.82, 2.24) is 0 Å². The van der Waals surface area contributed by atoms with Gasteiger partial charge in [0.05, 0.1) is 0 Å². The molecule has 2 rings (SSSR count). The van der Waals surface area contributed by atoms with Gasteiger partial charge in [-0.3, -0.25) is 0 Å². The number of halogens is 2. The van der Waals surface area contributed by atoms with Gasteiger partial charge >= 0.3 is 0 Å². The van der Waals surface area contributed by atoms with Crippen molar-refractivity contribution in [2.45, 2.75) is 12.8 Å². The van der Waals surface area contributed by atoms with E-state index in [9.17, 15) is 8.78 Å². The van der Waals surface area contributed by atoms with Crippen LogP contribution in [-0.2, 0) is 5.92 Å². The van der Waals surface area contributed by atoms with Crippen LogP contribution in [0.3, 0.4) is 0 Å². The Bertz CT molecular complexity index is 488. The number of alkyl halides is 2. The maximum absolute atomic E-state index is 14.2. The first-order valence-electron chi connectivity index (χ1n) is 5.31. The maximum atomic E-state index is 14.2. The molecule has 0 aromatic heterocycles. The Hall–Kier alpha value is -1.90. The Morgan fingerprint density at radius 3 is 2.12 bits per heavy atom. The van der Waals surface area contributed by atoms with Gasteiger partial charge in [-0.25, -0.2) is 0 Å². The second kappa shape index (κ2) is 4.17. The Morgan fingerprint density at radius 2 is 1.53 bits per heavy atom. The molecule has 2 aromatic rings. The second-order valence-electron chi connectivity index (χ2n) is 4.07. The first-order valence-corrected chi connectivity index (χ1v) is 5.31. The number of hydrogen-bond donors (Lipinski definition) is 1. The van der Waals surface area contributed by atoms with E-state index in [4.69, 9.17) is 5.73 Å². The van der Waals surface area contributed by atoms with Crippen LogP contribution in [-0.4, -0.2) is 0 Å². The number of nitrogens with two attached hydrogens (primary N) is 1. The Kier molecular flexibility index (Phi) is 2.84. The number of anilines is 1. The molecule has 0 aliphatic carbocycles. The van der Waals surface area contributed by atoms with Gasteiger partial charge < -0.3 is 5.73 Å². The molecule has 0 aliphatic rings. The zero-order valence-corrected chi connectivity index (χ0v) is 9.45. The number of aryl methyl sites for hydroxylation is 1. The van der Waals surface area contributed by atoms with Gasteiger partial charge in [-0.15, -0.1) is 0 Å². The molecule has 0 aliphatic heterocycles. The highest BCUT2D eigenvalue weighted by atomic mass is 19.3. The topological polar surface area (TPSA) is 26.0 Å². The van der Waals surface area contributed by atoms with Crippen molar-refractivity contribution in [2.24, 2.45) is 0 Å². The zero-order valence-electron chi connectivity index (χ0n) is 9.45. The fraction of sp³-hybridized carbons (Fsp3) is 0.143. The van der Waals surface area contributed by atoms with Gasteiger partial charge in [0.1, 0.15) is 0 Å². The number of rotatable bonds is 2. The monoisotopic (exact) mass is 233 g/mol. The summed E-state index contributed by atoms with van der Waals surface area (Å²) in [5, 5.41) is 0. The average Bonchev–Trinajstić information content (AvgIpc) is 2.29. The van der Waals surface area contributed by atoms with Crippen LogP contribution < -0.4 is 5.73 Å². The molecule has 2 N–H and O–H groups in total. The molecular weight excluding hydrogens is 220 g/mol. The molecule has 0 saturated carbocycles. The van der Waals surface area contributed by atoms with Crippen LogP contribution in [0.15, 0.2) is 48.5 Å². The summed E-state index contributed by atoms with van der Waals surface area (Å²) in [5.41, 5.74) is 6.59. The summed E-state index contributed by atoms with van der Waals surface area (Å²) >= 11 is 0. The molecule has 2 aromatic carbocycles. The van der Waals surface area contributed by atoms with E-state index >= 15 is 0 Å². The van der Waals surface area contributed by atoms with Crippen molar-refractivity contribution in [1.29, 1.82) is 0 Å². The van der Waals surface area contributed by atoms with Crippen LogP contribution in [0.2, 0.25) is 0 Å². The van der Waals surface area contributed by atoms with E-state index in [0.717, 1.165) is 5.56 Å². The second-order valence-corrected chi connectivity index (χ2v) is 4.07. The van der Waals surface area contributed by atoms with Crippen LogP contribution in [0.5, 0.6) is 0 Å². The molecule has 3 heteroatoms.